The molecule has 0 saturated heterocycles. The molecule has 0 spiro atoms. The van der Waals surface area contributed by atoms with Gasteiger partial charge in [-0.3, -0.25) is 14.3 Å². The van der Waals surface area contributed by atoms with Crippen LogP contribution in [0.4, 0.5) is 5.69 Å². The van der Waals surface area contributed by atoms with Gasteiger partial charge in [0.1, 0.15) is 18.0 Å². The Labute approximate surface area is 308 Å². The van der Waals surface area contributed by atoms with Gasteiger partial charge in [0.05, 0.1) is 23.3 Å². The quantitative estimate of drug-likeness (QED) is 0.269. The van der Waals surface area contributed by atoms with Gasteiger partial charge >= 0.3 is 0 Å². The molecule has 0 aromatic heterocycles. The number of benzene rings is 3. The van der Waals surface area contributed by atoms with Crippen molar-refractivity contribution in [3.63, 3.8) is 0 Å². The lowest BCUT2D eigenvalue weighted by Crippen LogP contribution is -2.44. The van der Waals surface area contributed by atoms with E-state index in [0.717, 1.165) is 66.5 Å². The second-order valence-corrected chi connectivity index (χ2v) is 16.8. The average molecular weight is 785 g/mol. The first kappa shape index (κ1) is 36.6. The van der Waals surface area contributed by atoms with Crippen LogP contribution in [0.3, 0.4) is 0 Å². The Kier molecular flexibility index (Phi) is 11.4. The molecule has 2 bridgehead atoms. The van der Waals surface area contributed by atoms with E-state index in [1.54, 1.807) is 63.4 Å². The van der Waals surface area contributed by atoms with E-state index in [2.05, 4.69) is 29.9 Å². The van der Waals surface area contributed by atoms with Crippen molar-refractivity contribution in [2.75, 3.05) is 31.7 Å². The van der Waals surface area contributed by atoms with Gasteiger partial charge in [-0.15, -0.1) is 4.36 Å². The molecule has 9 nitrogen and oxygen atoms in total. The first-order chi connectivity index (χ1) is 24.0. The Morgan fingerprint density at radius 3 is 2.62 bits per heavy atom. The maximum absolute atomic E-state index is 15.0. The molecule has 6 rings (SSSR count). The van der Waals surface area contributed by atoms with Crippen LogP contribution in [0.15, 0.2) is 86.5 Å². The molecule has 266 valence electrons. The van der Waals surface area contributed by atoms with Crippen LogP contribution in [-0.4, -0.2) is 54.5 Å². The zero-order chi connectivity index (χ0) is 35.5. The molecular formula is C38H43BrClN3O6S. The largest absolute Gasteiger partial charge is 0.487 e. The molecule has 0 unspecified atom stereocenters. The predicted molar refractivity (Wildman–Crippen MR) is 199 cm³/mol. The number of anilines is 1. The van der Waals surface area contributed by atoms with Crippen LogP contribution in [0, 0.1) is 11.8 Å². The number of halogens is 2. The number of nitrogens with zero attached hydrogens (tertiary/aromatic N) is 2. The van der Waals surface area contributed by atoms with Gasteiger partial charge in [0.2, 0.25) is 0 Å². The summed E-state index contributed by atoms with van der Waals surface area (Å²) in [6, 6.07) is 17.7. The highest BCUT2D eigenvalue weighted by atomic mass is 79.9. The summed E-state index contributed by atoms with van der Waals surface area (Å²) in [7, 11) is -2.14. The third kappa shape index (κ3) is 8.29. The topological polar surface area (TPSA) is 107 Å². The van der Waals surface area contributed by atoms with Crippen LogP contribution >= 0.6 is 27.5 Å². The molecule has 1 aliphatic carbocycles. The maximum Gasteiger partial charge on any atom is 0.287 e. The molecule has 2 amide bonds. The summed E-state index contributed by atoms with van der Waals surface area (Å²) in [5, 5.41) is 0.693. The standard InChI is InChI=1S/C38H43BrClN3O6S/c1-38(2)37(45)42-50(46,41-36(44)25-9-13-29(39)14-10-25)31-16-18-35-33(22-31)43(23-27-12-17-32(27)34(47-3)8-6-20-49-38)19-5-4-7-26-21-30(40)15-11-28(26)24-48-35/h6,8-11,13-16,18,21-22,27,32,34H,4-5,7,12,17,19-20,23-24H2,1-3H3,(H,41,42,44,45,46)/b8-6+/t27-,32+,34-,50+/m0/s1. The predicted octanol–water partition coefficient (Wildman–Crippen LogP) is 7.93. The van der Waals surface area contributed by atoms with E-state index in [9.17, 15) is 9.59 Å². The van der Waals surface area contributed by atoms with Crippen molar-refractivity contribution in [2.45, 2.75) is 69.2 Å². The molecule has 1 saturated carbocycles. The fraction of sp³-hybridized carbons (Fsp3) is 0.421. The third-order valence-corrected chi connectivity index (χ3v) is 12.4. The number of amides is 2. The van der Waals surface area contributed by atoms with E-state index >= 15 is 4.21 Å². The number of ether oxygens (including phenoxy) is 3. The first-order valence-electron chi connectivity index (χ1n) is 17.0. The minimum absolute atomic E-state index is 0.105. The molecule has 2 heterocycles. The number of fused-ring (bicyclic) bond motifs is 3. The number of hydrogen-bond donors (Lipinski definition) is 1. The van der Waals surface area contributed by atoms with Crippen LogP contribution in [0.5, 0.6) is 5.75 Å². The summed E-state index contributed by atoms with van der Waals surface area (Å²) in [6.45, 7) is 5.06. The van der Waals surface area contributed by atoms with Crippen LogP contribution < -0.4 is 14.4 Å². The van der Waals surface area contributed by atoms with Gasteiger partial charge in [0, 0.05) is 35.3 Å². The molecule has 0 radical (unpaired) electrons. The van der Waals surface area contributed by atoms with Crippen LogP contribution in [0.2, 0.25) is 5.02 Å². The minimum atomic E-state index is -3.87. The van der Waals surface area contributed by atoms with Crippen molar-refractivity contribution < 1.29 is 28.0 Å². The number of methoxy groups -OCH3 is 1. The number of carbonyl (C=O) groups excluding carboxylic acids is 2. The van der Waals surface area contributed by atoms with Gasteiger partial charge in [-0.1, -0.05) is 45.7 Å². The smallest absolute Gasteiger partial charge is 0.287 e. The van der Waals surface area contributed by atoms with Crippen molar-refractivity contribution in [1.82, 2.24) is 4.72 Å². The average Bonchev–Trinajstić information content (AvgIpc) is 3.10. The Bertz CT molecular complexity index is 1890. The van der Waals surface area contributed by atoms with Gasteiger partial charge in [-0.2, -0.15) is 0 Å². The Morgan fingerprint density at radius 2 is 1.88 bits per heavy atom. The van der Waals surface area contributed by atoms with Crippen LogP contribution in [0.1, 0.15) is 61.0 Å². The maximum atomic E-state index is 15.0. The van der Waals surface area contributed by atoms with E-state index < -0.39 is 27.3 Å². The summed E-state index contributed by atoms with van der Waals surface area (Å²) in [5.41, 5.74) is 1.77. The van der Waals surface area contributed by atoms with E-state index in [1.807, 2.05) is 30.4 Å². The Morgan fingerprint density at radius 1 is 1.08 bits per heavy atom. The zero-order valence-corrected chi connectivity index (χ0v) is 31.7. The molecule has 50 heavy (non-hydrogen) atoms. The normalized spacial score (nSPS) is 26.1. The molecule has 1 N–H and O–H groups in total. The molecule has 4 atom stereocenters. The summed E-state index contributed by atoms with van der Waals surface area (Å²) in [5.74, 6) is -0.160. The summed E-state index contributed by atoms with van der Waals surface area (Å²) in [6.07, 6.45) is 8.54. The second kappa shape index (κ2) is 15.6. The van der Waals surface area contributed by atoms with E-state index in [4.69, 9.17) is 25.8 Å². The lowest BCUT2D eigenvalue weighted by Gasteiger charge is -2.43. The number of aryl methyl sites for hydroxylation is 1. The van der Waals surface area contributed by atoms with Crippen molar-refractivity contribution in [3.8, 4) is 5.75 Å². The van der Waals surface area contributed by atoms with Gasteiger partial charge in [-0.25, -0.2) is 4.21 Å². The van der Waals surface area contributed by atoms with Crippen LogP contribution in [-0.2, 0) is 37.2 Å². The highest BCUT2D eigenvalue weighted by molar-refractivity contribution is 9.10. The van der Waals surface area contributed by atoms with Gasteiger partial charge in [0.25, 0.3) is 11.8 Å². The molecule has 12 heteroatoms. The third-order valence-electron chi connectivity index (χ3n) is 9.82. The minimum Gasteiger partial charge on any atom is -0.487 e. The Hall–Kier alpha value is -3.22. The first-order valence-corrected chi connectivity index (χ1v) is 19.7. The highest BCUT2D eigenvalue weighted by Crippen LogP contribution is 2.42. The number of rotatable bonds is 3. The highest BCUT2D eigenvalue weighted by Gasteiger charge is 2.38. The van der Waals surface area contributed by atoms with Crippen molar-refractivity contribution in [2.24, 2.45) is 16.2 Å². The summed E-state index contributed by atoms with van der Waals surface area (Å²) in [4.78, 5) is 29.8. The molecule has 3 aliphatic rings. The molecule has 3 aromatic carbocycles. The monoisotopic (exact) mass is 783 g/mol. The van der Waals surface area contributed by atoms with Crippen LogP contribution in [0.25, 0.3) is 0 Å². The van der Waals surface area contributed by atoms with Gasteiger partial charge in [0.15, 0.2) is 9.92 Å². The zero-order valence-electron chi connectivity index (χ0n) is 28.5. The van der Waals surface area contributed by atoms with Crippen molar-refractivity contribution >= 4 is 54.9 Å². The van der Waals surface area contributed by atoms with Crippen molar-refractivity contribution in [3.05, 3.63) is 99.0 Å². The molecule has 3 aromatic rings. The lowest BCUT2D eigenvalue weighted by atomic mass is 9.70. The summed E-state index contributed by atoms with van der Waals surface area (Å²) >= 11 is 9.77. The second-order valence-electron chi connectivity index (χ2n) is 13.5. The van der Waals surface area contributed by atoms with Gasteiger partial charge in [-0.05, 0) is 124 Å². The lowest BCUT2D eigenvalue weighted by molar-refractivity contribution is -0.137. The van der Waals surface area contributed by atoms with E-state index in [1.165, 1.54) is 0 Å². The number of nitrogens with one attached hydrogen (secondary N) is 1. The molecule has 1 fully saturated rings. The number of carbonyl (C=O) groups is 2. The Balaban J connectivity index is 1.48. The fourth-order valence-corrected chi connectivity index (χ4v) is 8.75. The molecule has 2 aliphatic heterocycles. The van der Waals surface area contributed by atoms with E-state index in [0.29, 0.717) is 29.2 Å². The fourth-order valence-electron chi connectivity index (χ4n) is 6.68. The van der Waals surface area contributed by atoms with E-state index in [-0.39, 0.29) is 23.2 Å². The van der Waals surface area contributed by atoms with Gasteiger partial charge < -0.3 is 19.1 Å². The SMILES string of the molecule is CO[C@H]1/C=C/COC(C)(C)C(=O)N=[S@](=O)(NC(=O)c2ccc(Br)cc2)c2ccc3c(c2)N(CCCCc2cc(Cl)ccc2CO3)C[C@@H]2CC[C@H]21. The summed E-state index contributed by atoms with van der Waals surface area (Å²) < 4.78 is 41.1. The molecular weight excluding hydrogens is 742 g/mol. The van der Waals surface area contributed by atoms with Crippen molar-refractivity contribution in [1.29, 1.82) is 0 Å². The number of hydrogen-bond acceptors (Lipinski definition) is 7.